The van der Waals surface area contributed by atoms with Crippen molar-refractivity contribution in [1.29, 1.82) is 0 Å². The number of rotatable bonds is 4. The number of morpholine rings is 1. The van der Waals surface area contributed by atoms with Crippen molar-refractivity contribution >= 4 is 56.6 Å². The molecule has 1 aromatic carbocycles. The molecule has 1 aliphatic rings. The maximum absolute atomic E-state index is 6.03. The predicted molar refractivity (Wildman–Crippen MR) is 107 cm³/mol. The summed E-state index contributed by atoms with van der Waals surface area (Å²) in [5.41, 5.74) is 7.06. The molecule has 0 saturated carbocycles. The van der Waals surface area contributed by atoms with Crippen molar-refractivity contribution < 1.29 is 4.74 Å². The average molecular weight is 447 g/mol. The topological polar surface area (TPSA) is 75.8 Å². The number of ether oxygens (including phenoxy) is 1. The van der Waals surface area contributed by atoms with Crippen LogP contribution in [0.2, 0.25) is 0 Å². The number of nitrogens with zero attached hydrogens (tertiary/aromatic N) is 3. The van der Waals surface area contributed by atoms with E-state index in [4.69, 9.17) is 10.5 Å². The largest absolute Gasteiger partial charge is 0.375 e. The molecule has 0 spiro atoms. The zero-order valence-corrected chi connectivity index (χ0v) is 16.2. The maximum atomic E-state index is 6.03. The van der Waals surface area contributed by atoms with Gasteiger partial charge in [0.1, 0.15) is 0 Å². The molecular formula is C15H22IN5OS. The number of aromatic nitrogens is 1. The Morgan fingerprint density at radius 3 is 3.13 bits per heavy atom. The molecule has 1 aromatic heterocycles. The van der Waals surface area contributed by atoms with Crippen molar-refractivity contribution in [1.82, 2.24) is 9.88 Å². The van der Waals surface area contributed by atoms with Crippen LogP contribution in [0.15, 0.2) is 29.3 Å². The number of guanidine groups is 1. The van der Waals surface area contributed by atoms with Gasteiger partial charge < -0.3 is 20.7 Å². The van der Waals surface area contributed by atoms with Crippen LogP contribution in [0.3, 0.4) is 0 Å². The van der Waals surface area contributed by atoms with Crippen molar-refractivity contribution in [3.05, 3.63) is 24.3 Å². The van der Waals surface area contributed by atoms with Gasteiger partial charge in [-0.2, -0.15) is 0 Å². The first kappa shape index (κ1) is 18.2. The van der Waals surface area contributed by atoms with Crippen LogP contribution in [-0.2, 0) is 4.74 Å². The Morgan fingerprint density at radius 1 is 1.52 bits per heavy atom. The van der Waals surface area contributed by atoms with Crippen molar-refractivity contribution in [3.8, 4) is 0 Å². The Balaban J connectivity index is 0.00000192. The summed E-state index contributed by atoms with van der Waals surface area (Å²) in [6, 6.07) is 8.12. The van der Waals surface area contributed by atoms with Gasteiger partial charge in [-0.3, -0.25) is 4.99 Å². The summed E-state index contributed by atoms with van der Waals surface area (Å²) in [7, 11) is 0. The van der Waals surface area contributed by atoms with E-state index in [9.17, 15) is 0 Å². The highest BCUT2D eigenvalue weighted by atomic mass is 127. The van der Waals surface area contributed by atoms with Crippen LogP contribution >= 0.6 is 35.3 Å². The first-order valence-electron chi connectivity index (χ1n) is 7.48. The molecule has 0 aliphatic carbocycles. The number of halogens is 1. The van der Waals surface area contributed by atoms with Crippen molar-refractivity contribution in [3.63, 3.8) is 0 Å². The molecule has 8 heteroatoms. The number of nitrogens with two attached hydrogens (primary N) is 1. The van der Waals surface area contributed by atoms with Gasteiger partial charge in [0, 0.05) is 19.6 Å². The van der Waals surface area contributed by atoms with Crippen LogP contribution in [0.25, 0.3) is 10.2 Å². The quantitative estimate of drug-likeness (QED) is 0.326. The number of aliphatic imine (C=N–C) groups is 1. The summed E-state index contributed by atoms with van der Waals surface area (Å²) in [6.07, 6.45) is 0.211. The standard InChI is InChI=1S/C15H21N5OS.HI/c1-11-10-20(8-9-21-11)14(16)17-6-7-18-15-19-12-4-2-3-5-13(12)22-15;/h2-5,11H,6-10H2,1H3,(H2,16,17)(H,18,19);1H. The molecule has 6 nitrogen and oxygen atoms in total. The van der Waals surface area contributed by atoms with E-state index >= 15 is 0 Å². The zero-order valence-electron chi connectivity index (χ0n) is 13.1. The van der Waals surface area contributed by atoms with E-state index in [1.54, 1.807) is 11.3 Å². The first-order chi connectivity index (χ1) is 10.7. The minimum atomic E-state index is 0. The van der Waals surface area contributed by atoms with Gasteiger partial charge in [-0.1, -0.05) is 23.5 Å². The molecule has 0 amide bonds. The van der Waals surface area contributed by atoms with Crippen LogP contribution < -0.4 is 11.1 Å². The maximum Gasteiger partial charge on any atom is 0.191 e. The number of fused-ring (bicyclic) bond motifs is 1. The van der Waals surface area contributed by atoms with Crippen LogP contribution in [0.1, 0.15) is 6.92 Å². The Morgan fingerprint density at radius 2 is 2.35 bits per heavy atom. The molecule has 1 unspecified atom stereocenters. The SMILES string of the molecule is CC1CN(C(N)=NCCNc2nc3ccccc3s2)CCO1.I. The van der Waals surface area contributed by atoms with Gasteiger partial charge in [-0.25, -0.2) is 4.98 Å². The third kappa shape index (κ3) is 4.92. The number of hydrogen-bond acceptors (Lipinski definition) is 5. The monoisotopic (exact) mass is 447 g/mol. The second-order valence-corrected chi connectivity index (χ2v) is 6.31. The highest BCUT2D eigenvalue weighted by Gasteiger charge is 2.17. The lowest BCUT2D eigenvalue weighted by Gasteiger charge is -2.31. The molecule has 0 bridgehead atoms. The second kappa shape index (κ2) is 8.65. The molecular weight excluding hydrogens is 425 g/mol. The van der Waals surface area contributed by atoms with Crippen LogP contribution in [0.4, 0.5) is 5.13 Å². The van der Waals surface area contributed by atoms with Crippen molar-refractivity contribution in [2.45, 2.75) is 13.0 Å². The molecule has 2 aromatic rings. The van der Waals surface area contributed by atoms with Gasteiger partial charge in [0.25, 0.3) is 0 Å². The normalized spacial score (nSPS) is 18.7. The molecule has 3 N–H and O–H groups in total. The van der Waals surface area contributed by atoms with E-state index in [0.29, 0.717) is 19.1 Å². The van der Waals surface area contributed by atoms with E-state index < -0.39 is 0 Å². The Labute approximate surface area is 157 Å². The Bertz CT molecular complexity index is 629. The lowest BCUT2D eigenvalue weighted by Crippen LogP contribution is -2.48. The lowest BCUT2D eigenvalue weighted by atomic mass is 10.3. The molecule has 126 valence electrons. The lowest BCUT2D eigenvalue weighted by molar-refractivity contribution is 0.00531. The molecule has 1 atom stereocenters. The molecule has 3 rings (SSSR count). The number of nitrogens with one attached hydrogen (secondary N) is 1. The van der Waals surface area contributed by atoms with Gasteiger partial charge in [0.2, 0.25) is 0 Å². The van der Waals surface area contributed by atoms with Crippen molar-refractivity contribution in [2.24, 2.45) is 10.7 Å². The number of para-hydroxylation sites is 1. The number of benzene rings is 1. The number of anilines is 1. The predicted octanol–water partition coefficient (Wildman–Crippen LogP) is 2.36. The van der Waals surface area contributed by atoms with E-state index in [0.717, 1.165) is 30.3 Å². The highest BCUT2D eigenvalue weighted by molar-refractivity contribution is 14.0. The summed E-state index contributed by atoms with van der Waals surface area (Å²) in [6.45, 7) is 5.73. The summed E-state index contributed by atoms with van der Waals surface area (Å²) in [5, 5.41) is 4.23. The van der Waals surface area contributed by atoms with Gasteiger partial charge in [-0.15, -0.1) is 24.0 Å². The molecule has 23 heavy (non-hydrogen) atoms. The molecule has 2 heterocycles. The van der Waals surface area contributed by atoms with Gasteiger partial charge in [-0.05, 0) is 19.1 Å². The fraction of sp³-hybridized carbons (Fsp3) is 0.467. The minimum Gasteiger partial charge on any atom is -0.375 e. The highest BCUT2D eigenvalue weighted by Crippen LogP contribution is 2.24. The summed E-state index contributed by atoms with van der Waals surface area (Å²) >= 11 is 1.66. The molecule has 1 saturated heterocycles. The third-order valence-electron chi connectivity index (χ3n) is 3.52. The fourth-order valence-electron chi connectivity index (χ4n) is 2.41. The van der Waals surface area contributed by atoms with Crippen LogP contribution in [0.5, 0.6) is 0 Å². The third-order valence-corrected chi connectivity index (χ3v) is 4.51. The number of hydrogen-bond donors (Lipinski definition) is 2. The zero-order chi connectivity index (χ0) is 15.4. The van der Waals surface area contributed by atoms with E-state index in [2.05, 4.69) is 26.3 Å². The Kier molecular flexibility index (Phi) is 6.85. The van der Waals surface area contributed by atoms with Gasteiger partial charge in [0.15, 0.2) is 11.1 Å². The van der Waals surface area contributed by atoms with Gasteiger partial charge in [0.05, 0.1) is 29.5 Å². The average Bonchev–Trinajstić information content (AvgIpc) is 2.94. The van der Waals surface area contributed by atoms with Crippen molar-refractivity contribution in [2.75, 3.05) is 38.1 Å². The van der Waals surface area contributed by atoms with Gasteiger partial charge >= 0.3 is 0 Å². The van der Waals surface area contributed by atoms with E-state index in [-0.39, 0.29) is 30.1 Å². The minimum absolute atomic E-state index is 0. The fourth-order valence-corrected chi connectivity index (χ4v) is 3.30. The first-order valence-corrected chi connectivity index (χ1v) is 8.30. The number of thiazole rings is 1. The van der Waals surface area contributed by atoms with Crippen LogP contribution in [-0.4, -0.2) is 54.7 Å². The molecule has 0 radical (unpaired) electrons. The smallest absolute Gasteiger partial charge is 0.191 e. The van der Waals surface area contributed by atoms with E-state index in [1.807, 2.05) is 25.1 Å². The molecule has 1 fully saturated rings. The summed E-state index contributed by atoms with van der Waals surface area (Å²) in [4.78, 5) is 11.0. The second-order valence-electron chi connectivity index (χ2n) is 5.28. The van der Waals surface area contributed by atoms with Crippen LogP contribution in [0, 0.1) is 0 Å². The summed E-state index contributed by atoms with van der Waals surface area (Å²) < 4.78 is 6.69. The summed E-state index contributed by atoms with van der Waals surface area (Å²) in [5.74, 6) is 0.598. The molecule has 1 aliphatic heterocycles. The Hall–Kier alpha value is -1.13. The van der Waals surface area contributed by atoms with E-state index in [1.165, 1.54) is 4.70 Å².